The van der Waals surface area contributed by atoms with Crippen LogP contribution >= 0.6 is 0 Å². The highest BCUT2D eigenvalue weighted by atomic mass is 16.5. The number of rotatable bonds is 6. The molecular formula is C20H26N4O2. The number of methoxy groups -OCH3 is 1. The number of carbonyl (C=O) groups is 1. The third-order valence-electron chi connectivity index (χ3n) is 4.81. The molecule has 0 bridgehead atoms. The van der Waals surface area contributed by atoms with Crippen molar-refractivity contribution in [2.24, 2.45) is 5.92 Å². The number of piperidine rings is 1. The predicted molar refractivity (Wildman–Crippen MR) is 101 cm³/mol. The molecule has 1 aromatic carbocycles. The number of nitrogens with zero attached hydrogens (tertiary/aromatic N) is 3. The van der Waals surface area contributed by atoms with Crippen LogP contribution in [0.15, 0.2) is 36.7 Å². The molecular weight excluding hydrogens is 328 g/mol. The minimum absolute atomic E-state index is 0.103. The number of carbonyl (C=O) groups excluding carboxylic acids is 1. The van der Waals surface area contributed by atoms with Crippen molar-refractivity contribution in [3.8, 4) is 0 Å². The highest BCUT2D eigenvalue weighted by Crippen LogP contribution is 2.23. The van der Waals surface area contributed by atoms with Gasteiger partial charge in [-0.1, -0.05) is 12.1 Å². The Kier molecular flexibility index (Phi) is 6.17. The molecule has 0 aliphatic carbocycles. The van der Waals surface area contributed by atoms with Crippen LogP contribution < -0.4 is 5.32 Å². The summed E-state index contributed by atoms with van der Waals surface area (Å²) in [5.74, 6) is 1.33. The van der Waals surface area contributed by atoms with E-state index in [1.54, 1.807) is 19.5 Å². The summed E-state index contributed by atoms with van der Waals surface area (Å²) in [6.07, 6.45) is 6.38. The average molecular weight is 354 g/mol. The van der Waals surface area contributed by atoms with Crippen molar-refractivity contribution in [2.45, 2.75) is 25.9 Å². The maximum atomic E-state index is 12.8. The third kappa shape index (κ3) is 4.38. The van der Waals surface area contributed by atoms with Gasteiger partial charge in [-0.05, 0) is 42.9 Å². The summed E-state index contributed by atoms with van der Waals surface area (Å²) in [6.45, 7) is 2.14. The summed E-state index contributed by atoms with van der Waals surface area (Å²) in [5, 5.41) is 3.10. The van der Waals surface area contributed by atoms with Crippen LogP contribution in [0.3, 0.4) is 0 Å². The number of nitrogens with one attached hydrogen (secondary N) is 1. The molecule has 3 rings (SSSR count). The van der Waals surface area contributed by atoms with Gasteiger partial charge in [0.2, 0.25) is 0 Å². The quantitative estimate of drug-likeness (QED) is 0.864. The van der Waals surface area contributed by atoms with Crippen molar-refractivity contribution < 1.29 is 9.53 Å². The van der Waals surface area contributed by atoms with Crippen LogP contribution in [-0.4, -0.2) is 48.0 Å². The van der Waals surface area contributed by atoms with E-state index in [1.165, 1.54) is 0 Å². The van der Waals surface area contributed by atoms with E-state index in [9.17, 15) is 4.79 Å². The lowest BCUT2D eigenvalue weighted by Crippen LogP contribution is -2.40. The molecule has 1 amide bonds. The van der Waals surface area contributed by atoms with Crippen molar-refractivity contribution >= 4 is 11.7 Å². The fraction of sp³-hybridized carbons (Fsp3) is 0.450. The molecule has 6 nitrogen and oxygen atoms in total. The normalized spacial score (nSPS) is 17.2. The van der Waals surface area contributed by atoms with E-state index in [4.69, 9.17) is 4.74 Å². The average Bonchev–Trinajstić information content (AvgIpc) is 2.69. The smallest absolute Gasteiger partial charge is 0.253 e. The van der Waals surface area contributed by atoms with Gasteiger partial charge in [0.1, 0.15) is 5.82 Å². The number of benzene rings is 1. The maximum absolute atomic E-state index is 12.8. The first-order valence-electron chi connectivity index (χ1n) is 9.06. The molecule has 1 aliphatic heterocycles. The van der Waals surface area contributed by atoms with Gasteiger partial charge < -0.3 is 15.0 Å². The van der Waals surface area contributed by atoms with Gasteiger partial charge in [0.15, 0.2) is 0 Å². The van der Waals surface area contributed by atoms with Gasteiger partial charge >= 0.3 is 0 Å². The zero-order chi connectivity index (χ0) is 18.4. The fourth-order valence-corrected chi connectivity index (χ4v) is 3.51. The molecule has 1 aromatic heterocycles. The molecule has 2 heterocycles. The fourth-order valence-electron chi connectivity index (χ4n) is 3.51. The number of amides is 1. The van der Waals surface area contributed by atoms with E-state index >= 15 is 0 Å². The highest BCUT2D eigenvalue weighted by molar-refractivity contribution is 5.94. The van der Waals surface area contributed by atoms with Gasteiger partial charge in [0, 0.05) is 45.2 Å². The van der Waals surface area contributed by atoms with Crippen LogP contribution in [0.2, 0.25) is 0 Å². The number of anilines is 1. The molecule has 138 valence electrons. The molecule has 1 aliphatic rings. The lowest BCUT2D eigenvalue weighted by atomic mass is 9.92. The number of hydrogen-bond acceptors (Lipinski definition) is 5. The Hall–Kier alpha value is -2.47. The zero-order valence-corrected chi connectivity index (χ0v) is 15.4. The molecule has 6 heteroatoms. The molecule has 26 heavy (non-hydrogen) atoms. The van der Waals surface area contributed by atoms with Crippen molar-refractivity contribution in [1.29, 1.82) is 0 Å². The second-order valence-electron chi connectivity index (χ2n) is 6.70. The summed E-state index contributed by atoms with van der Waals surface area (Å²) in [7, 11) is 3.53. The summed E-state index contributed by atoms with van der Waals surface area (Å²) in [5.41, 5.74) is 2.78. The summed E-state index contributed by atoms with van der Waals surface area (Å²) in [4.78, 5) is 23.6. The molecule has 0 saturated carbocycles. The second kappa shape index (κ2) is 8.76. The van der Waals surface area contributed by atoms with E-state index in [2.05, 4.69) is 15.3 Å². The van der Waals surface area contributed by atoms with Crippen LogP contribution in [0, 0.1) is 5.92 Å². The van der Waals surface area contributed by atoms with Crippen LogP contribution in [0.5, 0.6) is 0 Å². The van der Waals surface area contributed by atoms with Crippen molar-refractivity contribution in [2.75, 3.05) is 32.6 Å². The van der Waals surface area contributed by atoms with Gasteiger partial charge in [-0.2, -0.15) is 0 Å². The molecule has 0 radical (unpaired) electrons. The van der Waals surface area contributed by atoms with Crippen LogP contribution in [-0.2, 0) is 17.8 Å². The third-order valence-corrected chi connectivity index (χ3v) is 4.81. The van der Waals surface area contributed by atoms with E-state index in [0.29, 0.717) is 12.5 Å². The van der Waals surface area contributed by atoms with Gasteiger partial charge in [-0.25, -0.2) is 4.98 Å². The van der Waals surface area contributed by atoms with Gasteiger partial charge in [-0.15, -0.1) is 0 Å². The molecule has 1 N–H and O–H groups in total. The van der Waals surface area contributed by atoms with Gasteiger partial charge in [0.25, 0.3) is 5.91 Å². The Labute approximate surface area is 154 Å². The van der Waals surface area contributed by atoms with Crippen LogP contribution in [0.25, 0.3) is 0 Å². The largest absolute Gasteiger partial charge is 0.380 e. The van der Waals surface area contributed by atoms with E-state index in [1.807, 2.05) is 36.2 Å². The summed E-state index contributed by atoms with van der Waals surface area (Å²) < 4.78 is 5.12. The predicted octanol–water partition coefficient (Wildman–Crippen LogP) is 2.76. The van der Waals surface area contributed by atoms with E-state index in [-0.39, 0.29) is 5.91 Å². The summed E-state index contributed by atoms with van der Waals surface area (Å²) >= 11 is 0. The van der Waals surface area contributed by atoms with Gasteiger partial charge in [-0.3, -0.25) is 9.78 Å². The lowest BCUT2D eigenvalue weighted by Gasteiger charge is -2.33. The molecule has 1 fully saturated rings. The van der Waals surface area contributed by atoms with Crippen molar-refractivity contribution in [1.82, 2.24) is 14.9 Å². The lowest BCUT2D eigenvalue weighted by molar-refractivity contribution is 0.0673. The summed E-state index contributed by atoms with van der Waals surface area (Å²) in [6, 6.07) is 7.69. The first kappa shape index (κ1) is 18.3. The Balaban J connectivity index is 1.65. The first-order chi connectivity index (χ1) is 12.7. The van der Waals surface area contributed by atoms with Crippen molar-refractivity contribution in [3.05, 3.63) is 53.5 Å². The van der Waals surface area contributed by atoms with E-state index in [0.717, 1.165) is 55.0 Å². The minimum Gasteiger partial charge on any atom is -0.380 e. The van der Waals surface area contributed by atoms with Crippen molar-refractivity contribution in [3.63, 3.8) is 0 Å². The zero-order valence-electron chi connectivity index (χ0n) is 15.4. The number of likely N-dealkylation sites (tertiary alicyclic amines) is 1. The Morgan fingerprint density at radius 3 is 2.77 bits per heavy atom. The number of ether oxygens (including phenoxy) is 1. The van der Waals surface area contributed by atoms with Crippen LogP contribution in [0.4, 0.5) is 5.82 Å². The topological polar surface area (TPSA) is 67.4 Å². The second-order valence-corrected chi connectivity index (χ2v) is 6.70. The Morgan fingerprint density at radius 1 is 1.27 bits per heavy atom. The number of hydrogen-bond donors (Lipinski definition) is 1. The van der Waals surface area contributed by atoms with Gasteiger partial charge in [0.05, 0.1) is 12.3 Å². The Morgan fingerprint density at radius 2 is 2.04 bits per heavy atom. The first-order valence-corrected chi connectivity index (χ1v) is 9.06. The maximum Gasteiger partial charge on any atom is 0.253 e. The SMILES string of the molecule is CNc1nccnc1CC1CCCN(C(=O)c2ccc(COC)cc2)C1. The molecule has 1 saturated heterocycles. The standard InChI is InChI=1S/C20H26N4O2/c1-21-19-18(22-9-10-23-19)12-16-4-3-11-24(13-16)20(25)17-7-5-15(6-8-17)14-26-2/h5-10,16H,3-4,11-14H2,1-2H3,(H,21,23). The molecule has 1 unspecified atom stereocenters. The monoisotopic (exact) mass is 354 g/mol. The molecule has 0 spiro atoms. The van der Waals surface area contributed by atoms with E-state index < -0.39 is 0 Å². The highest BCUT2D eigenvalue weighted by Gasteiger charge is 2.25. The Bertz CT molecular complexity index is 733. The number of aromatic nitrogens is 2. The van der Waals surface area contributed by atoms with Crippen LogP contribution in [0.1, 0.15) is 34.5 Å². The molecule has 1 atom stereocenters. The molecule has 2 aromatic rings. The minimum atomic E-state index is 0.103.